The van der Waals surface area contributed by atoms with Gasteiger partial charge in [-0.2, -0.15) is 0 Å². The van der Waals surface area contributed by atoms with Crippen molar-refractivity contribution in [2.75, 3.05) is 0 Å². The summed E-state index contributed by atoms with van der Waals surface area (Å²) in [4.78, 5) is 27.6. The third kappa shape index (κ3) is 2.79. The second kappa shape index (κ2) is 6.13. The molecule has 1 aromatic carbocycles. The molecule has 2 aromatic rings. The van der Waals surface area contributed by atoms with Gasteiger partial charge in [0.1, 0.15) is 11.4 Å². The predicted octanol–water partition coefficient (Wildman–Crippen LogP) is 2.32. The van der Waals surface area contributed by atoms with Gasteiger partial charge in [-0.05, 0) is 31.7 Å². The fourth-order valence-electron chi connectivity index (χ4n) is 2.78. The molecule has 3 rings (SSSR count). The van der Waals surface area contributed by atoms with Crippen LogP contribution in [0.3, 0.4) is 0 Å². The maximum absolute atomic E-state index is 13.5. The maximum Gasteiger partial charge on any atom is 0.257 e. The average Bonchev–Trinajstić information content (AvgIpc) is 2.54. The molecule has 5 heteroatoms. The Labute approximate surface area is 127 Å². The molecule has 4 nitrogen and oxygen atoms in total. The monoisotopic (exact) mass is 300 g/mol. The van der Waals surface area contributed by atoms with E-state index in [1.54, 1.807) is 18.2 Å². The third-order valence-electron chi connectivity index (χ3n) is 4.02. The number of aromatic nitrogens is 1. The van der Waals surface area contributed by atoms with Gasteiger partial charge in [-0.3, -0.25) is 9.59 Å². The lowest BCUT2D eigenvalue weighted by Gasteiger charge is -2.15. The van der Waals surface area contributed by atoms with Crippen molar-refractivity contribution in [2.45, 2.75) is 32.2 Å². The number of hydrogen-bond donors (Lipinski definition) is 2. The maximum atomic E-state index is 13.5. The molecular formula is C17H17FN2O2. The van der Waals surface area contributed by atoms with Crippen LogP contribution in [0.1, 0.15) is 40.0 Å². The lowest BCUT2D eigenvalue weighted by molar-refractivity contribution is 0.0949. The largest absolute Gasteiger partial charge is 0.364 e. The zero-order valence-electron chi connectivity index (χ0n) is 12.1. The first-order valence-electron chi connectivity index (χ1n) is 7.42. The molecule has 0 atom stereocenters. The summed E-state index contributed by atoms with van der Waals surface area (Å²) in [5, 5.41) is 2.60. The van der Waals surface area contributed by atoms with Gasteiger partial charge in [-0.25, -0.2) is 4.39 Å². The van der Waals surface area contributed by atoms with Gasteiger partial charge >= 0.3 is 0 Å². The molecule has 1 amide bonds. The number of rotatable bonds is 3. The molecule has 2 N–H and O–H groups in total. The summed E-state index contributed by atoms with van der Waals surface area (Å²) in [6.07, 6.45) is 5.04. The number of carbonyl (C=O) groups excluding carboxylic acids is 1. The number of benzene rings is 1. The molecular weight excluding hydrogens is 283 g/mol. The molecule has 0 saturated carbocycles. The lowest BCUT2D eigenvalue weighted by Crippen LogP contribution is -2.31. The molecule has 114 valence electrons. The van der Waals surface area contributed by atoms with Crippen molar-refractivity contribution in [2.24, 2.45) is 0 Å². The van der Waals surface area contributed by atoms with E-state index in [2.05, 4.69) is 10.3 Å². The third-order valence-corrected chi connectivity index (χ3v) is 4.02. The van der Waals surface area contributed by atoms with E-state index in [0.717, 1.165) is 25.0 Å². The van der Waals surface area contributed by atoms with Crippen LogP contribution in [-0.4, -0.2) is 10.9 Å². The highest BCUT2D eigenvalue weighted by Crippen LogP contribution is 2.16. The second-order valence-electron chi connectivity index (χ2n) is 5.47. The fourth-order valence-corrected chi connectivity index (χ4v) is 2.78. The van der Waals surface area contributed by atoms with Crippen molar-refractivity contribution in [3.63, 3.8) is 0 Å². The zero-order chi connectivity index (χ0) is 15.5. The second-order valence-corrected chi connectivity index (χ2v) is 5.47. The van der Waals surface area contributed by atoms with Gasteiger partial charge in [0.05, 0.1) is 0 Å². The molecule has 0 saturated heterocycles. The van der Waals surface area contributed by atoms with Crippen molar-refractivity contribution in [3.8, 4) is 0 Å². The van der Waals surface area contributed by atoms with Crippen molar-refractivity contribution in [1.82, 2.24) is 10.3 Å². The van der Waals surface area contributed by atoms with Gasteiger partial charge in [-0.1, -0.05) is 18.2 Å². The molecule has 0 bridgehead atoms. The summed E-state index contributed by atoms with van der Waals surface area (Å²) >= 11 is 0. The van der Waals surface area contributed by atoms with Crippen molar-refractivity contribution in [3.05, 3.63) is 68.9 Å². The number of aryl methyl sites for hydroxylation is 1. The SMILES string of the molecule is O=C(NCc1ccccc1F)c1c[nH]c2c(c1=O)CCCC2. The predicted molar refractivity (Wildman–Crippen MR) is 81.3 cm³/mol. The summed E-state index contributed by atoms with van der Waals surface area (Å²) in [7, 11) is 0. The zero-order valence-corrected chi connectivity index (χ0v) is 12.1. The van der Waals surface area contributed by atoms with Crippen LogP contribution in [0.25, 0.3) is 0 Å². The molecule has 0 spiro atoms. The minimum absolute atomic E-state index is 0.0576. The van der Waals surface area contributed by atoms with E-state index in [-0.39, 0.29) is 23.4 Å². The topological polar surface area (TPSA) is 62.0 Å². The summed E-state index contributed by atoms with van der Waals surface area (Å²) < 4.78 is 13.5. The molecule has 1 aliphatic rings. The van der Waals surface area contributed by atoms with Gasteiger partial charge in [0.15, 0.2) is 5.43 Å². The molecule has 1 aliphatic carbocycles. The van der Waals surface area contributed by atoms with Crippen LogP contribution in [0.15, 0.2) is 35.3 Å². The molecule has 0 fully saturated rings. The highest BCUT2D eigenvalue weighted by molar-refractivity contribution is 5.94. The molecule has 0 radical (unpaired) electrons. The van der Waals surface area contributed by atoms with Crippen LogP contribution in [-0.2, 0) is 19.4 Å². The Balaban J connectivity index is 1.78. The van der Waals surface area contributed by atoms with Crippen LogP contribution < -0.4 is 10.7 Å². The van der Waals surface area contributed by atoms with E-state index in [4.69, 9.17) is 0 Å². The summed E-state index contributed by atoms with van der Waals surface area (Å²) in [6, 6.07) is 6.24. The average molecular weight is 300 g/mol. The van der Waals surface area contributed by atoms with E-state index in [1.807, 2.05) is 0 Å². The number of aromatic amines is 1. The molecule has 1 heterocycles. The number of pyridine rings is 1. The van der Waals surface area contributed by atoms with Crippen molar-refractivity contribution in [1.29, 1.82) is 0 Å². The Morgan fingerprint density at radius 2 is 2.00 bits per heavy atom. The van der Waals surface area contributed by atoms with Gasteiger partial charge in [0.25, 0.3) is 5.91 Å². The Kier molecular flexibility index (Phi) is 4.04. The van der Waals surface area contributed by atoms with Crippen LogP contribution in [0, 0.1) is 5.82 Å². The smallest absolute Gasteiger partial charge is 0.257 e. The van der Waals surface area contributed by atoms with Crippen LogP contribution in [0.5, 0.6) is 0 Å². The van der Waals surface area contributed by atoms with Crippen molar-refractivity contribution >= 4 is 5.91 Å². The number of H-pyrrole nitrogens is 1. The van der Waals surface area contributed by atoms with Gasteiger partial charge in [-0.15, -0.1) is 0 Å². The van der Waals surface area contributed by atoms with Gasteiger partial charge in [0, 0.05) is 29.6 Å². The van der Waals surface area contributed by atoms with E-state index in [0.29, 0.717) is 17.5 Å². The molecule has 1 aromatic heterocycles. The highest BCUT2D eigenvalue weighted by Gasteiger charge is 2.19. The van der Waals surface area contributed by atoms with Crippen LogP contribution >= 0.6 is 0 Å². The molecule has 0 aliphatic heterocycles. The minimum Gasteiger partial charge on any atom is -0.364 e. The molecule has 0 unspecified atom stereocenters. The first-order valence-corrected chi connectivity index (χ1v) is 7.42. The Bertz CT molecular complexity index is 767. The standard InChI is InChI=1S/C17H17FN2O2/c18-14-7-3-1-5-11(14)9-20-17(22)13-10-19-15-8-4-2-6-12(15)16(13)21/h1,3,5,7,10H,2,4,6,8-9H2,(H,19,21)(H,20,22). The Morgan fingerprint density at radius 3 is 2.82 bits per heavy atom. The summed E-state index contributed by atoms with van der Waals surface area (Å²) in [5.41, 5.74) is 1.92. The summed E-state index contributed by atoms with van der Waals surface area (Å²) in [5.74, 6) is -0.847. The van der Waals surface area contributed by atoms with E-state index >= 15 is 0 Å². The normalized spacial score (nSPS) is 13.5. The quantitative estimate of drug-likeness (QED) is 0.914. The number of halogens is 1. The fraction of sp³-hybridized carbons (Fsp3) is 0.294. The van der Waals surface area contributed by atoms with Crippen LogP contribution in [0.4, 0.5) is 4.39 Å². The van der Waals surface area contributed by atoms with Gasteiger partial charge in [0.2, 0.25) is 0 Å². The highest BCUT2D eigenvalue weighted by atomic mass is 19.1. The number of amides is 1. The van der Waals surface area contributed by atoms with Crippen molar-refractivity contribution < 1.29 is 9.18 Å². The Morgan fingerprint density at radius 1 is 1.23 bits per heavy atom. The number of hydrogen-bond acceptors (Lipinski definition) is 2. The minimum atomic E-state index is -0.474. The van der Waals surface area contributed by atoms with Crippen LogP contribution in [0.2, 0.25) is 0 Å². The number of carbonyl (C=O) groups is 1. The van der Waals surface area contributed by atoms with E-state index in [9.17, 15) is 14.0 Å². The lowest BCUT2D eigenvalue weighted by atomic mass is 9.94. The number of nitrogens with one attached hydrogen (secondary N) is 2. The van der Waals surface area contributed by atoms with E-state index in [1.165, 1.54) is 12.3 Å². The first-order chi connectivity index (χ1) is 10.7. The number of fused-ring (bicyclic) bond motifs is 1. The first kappa shape index (κ1) is 14.5. The molecule has 22 heavy (non-hydrogen) atoms. The van der Waals surface area contributed by atoms with E-state index < -0.39 is 5.91 Å². The van der Waals surface area contributed by atoms with Gasteiger partial charge < -0.3 is 10.3 Å². The Hall–Kier alpha value is -2.43. The summed E-state index contributed by atoms with van der Waals surface area (Å²) in [6.45, 7) is 0.0576.